The average Bonchev–Trinajstić information content (AvgIpc) is 2.90. The molecule has 1 heterocycles. The van der Waals surface area contributed by atoms with Crippen LogP contribution in [0.15, 0.2) is 53.9 Å². The van der Waals surface area contributed by atoms with E-state index in [-0.39, 0.29) is 5.96 Å². The van der Waals surface area contributed by atoms with Gasteiger partial charge in [-0.05, 0) is 23.4 Å². The Bertz CT molecular complexity index is 520. The van der Waals surface area contributed by atoms with Crippen LogP contribution < -0.4 is 5.73 Å². The molecule has 6 heteroatoms. The molecule has 0 amide bonds. The van der Waals surface area contributed by atoms with Crippen molar-refractivity contribution >= 4 is 11.9 Å². The van der Waals surface area contributed by atoms with E-state index in [9.17, 15) is 4.79 Å². The molecule has 0 radical (unpaired) electrons. The highest BCUT2D eigenvalue weighted by atomic mass is 16.7. The van der Waals surface area contributed by atoms with E-state index in [0.717, 1.165) is 0 Å². The Hall–Kier alpha value is -2.63. The minimum absolute atomic E-state index is 0.0146. The highest BCUT2D eigenvalue weighted by Gasteiger charge is 2.06. The second-order valence-corrected chi connectivity index (χ2v) is 3.14. The second-order valence-electron chi connectivity index (χ2n) is 3.14. The van der Waals surface area contributed by atoms with Gasteiger partial charge in [-0.2, -0.15) is 5.10 Å². The van der Waals surface area contributed by atoms with Gasteiger partial charge >= 0.3 is 5.97 Å². The lowest BCUT2D eigenvalue weighted by molar-refractivity contribution is 0.0513. The predicted molar refractivity (Wildman–Crippen MR) is 61.1 cm³/mol. The number of nitrogens with two attached hydrogens (primary N) is 1. The van der Waals surface area contributed by atoms with Gasteiger partial charge in [0.2, 0.25) is 0 Å². The number of benzene rings is 1. The van der Waals surface area contributed by atoms with Crippen LogP contribution in [-0.2, 0) is 4.84 Å². The van der Waals surface area contributed by atoms with E-state index in [2.05, 4.69) is 15.1 Å². The van der Waals surface area contributed by atoms with Crippen molar-refractivity contribution in [3.63, 3.8) is 0 Å². The van der Waals surface area contributed by atoms with Crippen molar-refractivity contribution < 1.29 is 9.63 Å². The SMILES string of the molecule is N/C(=N\OC(=O)c1ccccc1)n1cccn1. The first-order chi connectivity index (χ1) is 8.27. The fourth-order valence-electron chi connectivity index (χ4n) is 1.16. The molecule has 0 unspecified atom stereocenters. The Balaban J connectivity index is 2.04. The molecule has 0 spiro atoms. The van der Waals surface area contributed by atoms with Gasteiger partial charge in [-0.25, -0.2) is 9.48 Å². The van der Waals surface area contributed by atoms with E-state index < -0.39 is 5.97 Å². The molecule has 6 nitrogen and oxygen atoms in total. The maximum absolute atomic E-state index is 11.5. The van der Waals surface area contributed by atoms with Crippen molar-refractivity contribution in [3.8, 4) is 0 Å². The highest BCUT2D eigenvalue weighted by Crippen LogP contribution is 2.01. The number of hydrogen-bond acceptors (Lipinski definition) is 4. The lowest BCUT2D eigenvalue weighted by Crippen LogP contribution is -2.23. The summed E-state index contributed by atoms with van der Waals surface area (Å²) in [6, 6.07) is 10.2. The number of carbonyl (C=O) groups is 1. The van der Waals surface area contributed by atoms with Crippen LogP contribution in [0.4, 0.5) is 0 Å². The standard InChI is InChI=1S/C11H10N4O2/c12-11(15-8-4-7-13-15)14-17-10(16)9-5-2-1-3-6-9/h1-8H,(H2,12,14). The van der Waals surface area contributed by atoms with Gasteiger partial charge in [-0.3, -0.25) is 0 Å². The number of rotatable bonds is 2. The van der Waals surface area contributed by atoms with Crippen LogP contribution in [0.25, 0.3) is 0 Å². The molecule has 2 aromatic rings. The molecular weight excluding hydrogens is 220 g/mol. The van der Waals surface area contributed by atoms with Crippen LogP contribution >= 0.6 is 0 Å². The fraction of sp³-hybridized carbons (Fsp3) is 0. The summed E-state index contributed by atoms with van der Waals surface area (Å²) in [4.78, 5) is 16.2. The first kappa shape index (κ1) is 10.9. The molecule has 0 aliphatic carbocycles. The summed E-state index contributed by atoms with van der Waals surface area (Å²) < 4.78 is 1.29. The highest BCUT2D eigenvalue weighted by molar-refractivity contribution is 5.90. The van der Waals surface area contributed by atoms with Crippen molar-refractivity contribution in [1.29, 1.82) is 0 Å². The second kappa shape index (κ2) is 4.93. The summed E-state index contributed by atoms with van der Waals surface area (Å²) in [6.07, 6.45) is 3.14. The van der Waals surface area contributed by atoms with Gasteiger partial charge in [0.25, 0.3) is 5.96 Å². The first-order valence-electron chi connectivity index (χ1n) is 4.87. The number of hydrogen-bond donors (Lipinski definition) is 1. The molecule has 86 valence electrons. The van der Waals surface area contributed by atoms with Crippen LogP contribution in [0, 0.1) is 0 Å². The summed E-state index contributed by atoms with van der Waals surface area (Å²) in [6.45, 7) is 0. The van der Waals surface area contributed by atoms with E-state index >= 15 is 0 Å². The summed E-state index contributed by atoms with van der Waals surface area (Å²) >= 11 is 0. The summed E-state index contributed by atoms with van der Waals surface area (Å²) in [5.41, 5.74) is 5.95. The molecule has 0 saturated heterocycles. The molecule has 1 aromatic heterocycles. The largest absolute Gasteiger partial charge is 0.365 e. The van der Waals surface area contributed by atoms with Crippen LogP contribution in [-0.4, -0.2) is 21.7 Å². The molecule has 0 bridgehead atoms. The summed E-state index contributed by atoms with van der Waals surface area (Å²) in [5, 5.41) is 7.32. The topological polar surface area (TPSA) is 82.5 Å². The van der Waals surface area contributed by atoms with Crippen LogP contribution in [0.3, 0.4) is 0 Å². The third-order valence-corrected chi connectivity index (χ3v) is 1.97. The van der Waals surface area contributed by atoms with Crippen molar-refractivity contribution in [2.45, 2.75) is 0 Å². The molecule has 0 atom stereocenters. The van der Waals surface area contributed by atoms with Crippen LogP contribution in [0.5, 0.6) is 0 Å². The third-order valence-electron chi connectivity index (χ3n) is 1.97. The van der Waals surface area contributed by atoms with Crippen molar-refractivity contribution in [1.82, 2.24) is 9.78 Å². The van der Waals surface area contributed by atoms with Gasteiger partial charge in [0.1, 0.15) is 0 Å². The summed E-state index contributed by atoms with van der Waals surface area (Å²) in [5.74, 6) is -0.583. The zero-order valence-corrected chi connectivity index (χ0v) is 8.85. The quantitative estimate of drug-likeness (QED) is 0.358. The van der Waals surface area contributed by atoms with E-state index in [0.29, 0.717) is 5.56 Å². The number of carbonyl (C=O) groups excluding carboxylic acids is 1. The lowest BCUT2D eigenvalue weighted by atomic mass is 10.2. The zero-order valence-electron chi connectivity index (χ0n) is 8.85. The number of nitrogens with zero attached hydrogens (tertiary/aromatic N) is 3. The smallest absolute Gasteiger partial charge is 0.365 e. The van der Waals surface area contributed by atoms with Gasteiger partial charge in [-0.15, -0.1) is 0 Å². The van der Waals surface area contributed by atoms with E-state index in [4.69, 9.17) is 5.73 Å². The fourth-order valence-corrected chi connectivity index (χ4v) is 1.16. The molecule has 17 heavy (non-hydrogen) atoms. The maximum Gasteiger partial charge on any atom is 0.365 e. The molecule has 1 aromatic carbocycles. The Morgan fingerprint density at radius 3 is 2.71 bits per heavy atom. The molecule has 2 rings (SSSR count). The van der Waals surface area contributed by atoms with E-state index in [1.807, 2.05) is 0 Å². The van der Waals surface area contributed by atoms with Crippen molar-refractivity contribution in [2.75, 3.05) is 0 Å². The van der Waals surface area contributed by atoms with Crippen molar-refractivity contribution in [3.05, 3.63) is 54.4 Å². The monoisotopic (exact) mass is 230 g/mol. The Kier molecular flexibility index (Phi) is 3.15. The van der Waals surface area contributed by atoms with E-state index in [1.54, 1.807) is 48.8 Å². The van der Waals surface area contributed by atoms with Gasteiger partial charge in [0.05, 0.1) is 5.56 Å². The maximum atomic E-state index is 11.5. The van der Waals surface area contributed by atoms with Gasteiger partial charge in [0.15, 0.2) is 0 Å². The third kappa shape index (κ3) is 2.69. The van der Waals surface area contributed by atoms with Crippen LogP contribution in [0.1, 0.15) is 10.4 Å². The predicted octanol–water partition coefficient (Wildman–Crippen LogP) is 0.818. The van der Waals surface area contributed by atoms with Crippen molar-refractivity contribution in [2.24, 2.45) is 10.9 Å². The minimum Gasteiger partial charge on any atom is -0.365 e. The minimum atomic E-state index is -0.569. The number of oxime groups is 1. The van der Waals surface area contributed by atoms with Gasteiger partial charge in [0, 0.05) is 12.4 Å². The van der Waals surface area contributed by atoms with Gasteiger partial charge in [-0.1, -0.05) is 18.2 Å². The van der Waals surface area contributed by atoms with Crippen LogP contribution in [0.2, 0.25) is 0 Å². The average molecular weight is 230 g/mol. The normalized spacial score (nSPS) is 11.2. The Labute approximate surface area is 97.3 Å². The first-order valence-corrected chi connectivity index (χ1v) is 4.87. The molecule has 0 fully saturated rings. The number of aromatic nitrogens is 2. The lowest BCUT2D eigenvalue weighted by Gasteiger charge is -2.00. The summed E-state index contributed by atoms with van der Waals surface area (Å²) in [7, 11) is 0. The van der Waals surface area contributed by atoms with Gasteiger partial charge < -0.3 is 10.6 Å². The molecular formula is C11H10N4O2. The zero-order chi connectivity index (χ0) is 12.1. The molecule has 0 aliphatic rings. The Morgan fingerprint density at radius 1 is 1.29 bits per heavy atom. The molecule has 0 saturated carbocycles. The van der Waals surface area contributed by atoms with E-state index in [1.165, 1.54) is 4.68 Å². The molecule has 2 N–H and O–H groups in total. The Morgan fingerprint density at radius 2 is 2.06 bits per heavy atom. The molecule has 0 aliphatic heterocycles.